The summed E-state index contributed by atoms with van der Waals surface area (Å²) in [4.78, 5) is 11.5. The van der Waals surface area contributed by atoms with Crippen LogP contribution in [0.5, 0.6) is 5.88 Å². The van der Waals surface area contributed by atoms with Gasteiger partial charge in [0.25, 0.3) is 0 Å². The molecule has 0 unspecified atom stereocenters. The van der Waals surface area contributed by atoms with Gasteiger partial charge in [0.05, 0.1) is 6.61 Å². The SMILES string of the molecule is Cc1cc(OCCCN2CCCCC2)nc(-c2ccc(Cl)cc2)n1. The van der Waals surface area contributed by atoms with E-state index in [1.54, 1.807) is 0 Å². The van der Waals surface area contributed by atoms with Crippen LogP contribution < -0.4 is 4.74 Å². The molecule has 1 fully saturated rings. The summed E-state index contributed by atoms with van der Waals surface area (Å²) in [6.45, 7) is 6.21. The number of hydrogen-bond donors (Lipinski definition) is 0. The Kier molecular flexibility index (Phi) is 6.05. The Labute approximate surface area is 148 Å². The fourth-order valence-corrected chi connectivity index (χ4v) is 3.12. The minimum atomic E-state index is 0.645. The van der Waals surface area contributed by atoms with Crippen molar-refractivity contribution in [1.82, 2.24) is 14.9 Å². The lowest BCUT2D eigenvalue weighted by molar-refractivity contribution is 0.203. The van der Waals surface area contributed by atoms with Crippen molar-refractivity contribution >= 4 is 11.6 Å². The van der Waals surface area contributed by atoms with Crippen LogP contribution in [0.25, 0.3) is 11.4 Å². The quantitative estimate of drug-likeness (QED) is 0.729. The summed E-state index contributed by atoms with van der Waals surface area (Å²) in [5.74, 6) is 1.32. The predicted octanol–water partition coefficient (Wildman–Crippen LogP) is 4.36. The lowest BCUT2D eigenvalue weighted by atomic mass is 10.1. The molecular weight excluding hydrogens is 322 g/mol. The molecule has 0 atom stereocenters. The first kappa shape index (κ1) is 17.2. The van der Waals surface area contributed by atoms with Crippen molar-refractivity contribution in [1.29, 1.82) is 0 Å². The smallest absolute Gasteiger partial charge is 0.217 e. The Hall–Kier alpha value is -1.65. The van der Waals surface area contributed by atoms with Gasteiger partial charge in [-0.25, -0.2) is 4.98 Å². The summed E-state index contributed by atoms with van der Waals surface area (Å²) < 4.78 is 5.86. The summed E-state index contributed by atoms with van der Waals surface area (Å²) in [7, 11) is 0. The molecule has 0 aliphatic carbocycles. The van der Waals surface area contributed by atoms with Gasteiger partial charge in [0.15, 0.2) is 5.82 Å². The average molecular weight is 346 g/mol. The number of ether oxygens (including phenoxy) is 1. The molecule has 0 amide bonds. The van der Waals surface area contributed by atoms with Crippen LogP contribution in [0.3, 0.4) is 0 Å². The van der Waals surface area contributed by atoms with E-state index in [4.69, 9.17) is 16.3 Å². The molecule has 1 aliphatic rings. The van der Waals surface area contributed by atoms with Crippen LogP contribution in [0.2, 0.25) is 5.02 Å². The molecule has 0 N–H and O–H groups in total. The van der Waals surface area contributed by atoms with Gasteiger partial charge in [-0.05, 0) is 63.5 Å². The van der Waals surface area contributed by atoms with Gasteiger partial charge in [-0.15, -0.1) is 0 Å². The van der Waals surface area contributed by atoms with Crippen molar-refractivity contribution in [2.75, 3.05) is 26.2 Å². The van der Waals surface area contributed by atoms with Crippen molar-refractivity contribution in [2.24, 2.45) is 0 Å². The van der Waals surface area contributed by atoms with E-state index in [1.165, 1.54) is 32.4 Å². The maximum absolute atomic E-state index is 5.94. The van der Waals surface area contributed by atoms with E-state index in [0.717, 1.165) is 24.2 Å². The van der Waals surface area contributed by atoms with Crippen molar-refractivity contribution in [2.45, 2.75) is 32.6 Å². The minimum absolute atomic E-state index is 0.645. The molecular formula is C19H24ClN3O. The van der Waals surface area contributed by atoms with Gasteiger partial charge < -0.3 is 9.64 Å². The van der Waals surface area contributed by atoms with Crippen LogP contribution >= 0.6 is 11.6 Å². The zero-order valence-electron chi connectivity index (χ0n) is 14.2. The Morgan fingerprint density at radius 3 is 2.58 bits per heavy atom. The van der Waals surface area contributed by atoms with E-state index >= 15 is 0 Å². The third-order valence-electron chi connectivity index (χ3n) is 4.25. The molecule has 1 aromatic carbocycles. The molecule has 1 saturated heterocycles. The van der Waals surface area contributed by atoms with Crippen LogP contribution in [0.4, 0.5) is 0 Å². The first-order valence-electron chi connectivity index (χ1n) is 8.67. The first-order valence-corrected chi connectivity index (χ1v) is 9.05. The van der Waals surface area contributed by atoms with Gasteiger partial charge in [0.2, 0.25) is 5.88 Å². The van der Waals surface area contributed by atoms with Crippen molar-refractivity contribution < 1.29 is 4.74 Å². The van der Waals surface area contributed by atoms with Crippen molar-refractivity contribution in [3.8, 4) is 17.3 Å². The fraction of sp³-hybridized carbons (Fsp3) is 0.474. The highest BCUT2D eigenvalue weighted by Crippen LogP contribution is 2.21. The number of aryl methyl sites for hydroxylation is 1. The molecule has 1 aliphatic heterocycles. The Morgan fingerprint density at radius 2 is 1.83 bits per heavy atom. The van der Waals surface area contributed by atoms with Crippen molar-refractivity contribution in [3.63, 3.8) is 0 Å². The van der Waals surface area contributed by atoms with E-state index in [9.17, 15) is 0 Å². The number of rotatable bonds is 6. The molecule has 2 aromatic rings. The summed E-state index contributed by atoms with van der Waals surface area (Å²) in [6, 6.07) is 9.44. The van der Waals surface area contributed by atoms with Gasteiger partial charge >= 0.3 is 0 Å². The maximum Gasteiger partial charge on any atom is 0.217 e. The lowest BCUT2D eigenvalue weighted by Crippen LogP contribution is -2.31. The number of likely N-dealkylation sites (tertiary alicyclic amines) is 1. The number of benzene rings is 1. The summed E-state index contributed by atoms with van der Waals surface area (Å²) >= 11 is 5.94. The molecule has 0 spiro atoms. The lowest BCUT2D eigenvalue weighted by Gasteiger charge is -2.26. The van der Waals surface area contributed by atoms with E-state index in [2.05, 4.69) is 14.9 Å². The van der Waals surface area contributed by atoms with Gasteiger partial charge in [-0.1, -0.05) is 18.0 Å². The van der Waals surface area contributed by atoms with E-state index in [0.29, 0.717) is 23.3 Å². The van der Waals surface area contributed by atoms with Crippen LogP contribution in [-0.2, 0) is 0 Å². The molecule has 1 aromatic heterocycles. The maximum atomic E-state index is 5.94. The van der Waals surface area contributed by atoms with Gasteiger partial charge in [0, 0.05) is 28.9 Å². The van der Waals surface area contributed by atoms with E-state index < -0.39 is 0 Å². The second kappa shape index (κ2) is 8.45. The van der Waals surface area contributed by atoms with E-state index in [1.807, 2.05) is 37.3 Å². The number of hydrogen-bond acceptors (Lipinski definition) is 4. The molecule has 128 valence electrons. The van der Waals surface area contributed by atoms with E-state index in [-0.39, 0.29) is 0 Å². The topological polar surface area (TPSA) is 38.2 Å². The summed E-state index contributed by atoms with van der Waals surface area (Å²) in [5.41, 5.74) is 1.85. The molecule has 24 heavy (non-hydrogen) atoms. The fourth-order valence-electron chi connectivity index (χ4n) is 2.99. The average Bonchev–Trinajstić information content (AvgIpc) is 2.60. The first-order chi connectivity index (χ1) is 11.7. The highest BCUT2D eigenvalue weighted by molar-refractivity contribution is 6.30. The molecule has 0 radical (unpaired) electrons. The third kappa shape index (κ3) is 4.92. The third-order valence-corrected chi connectivity index (χ3v) is 4.50. The van der Waals surface area contributed by atoms with Crippen LogP contribution in [0, 0.1) is 6.92 Å². The monoisotopic (exact) mass is 345 g/mol. The molecule has 0 bridgehead atoms. The Bertz CT molecular complexity index is 654. The van der Waals surface area contributed by atoms with Gasteiger partial charge in [0.1, 0.15) is 0 Å². The number of piperidine rings is 1. The second-order valence-corrected chi connectivity index (χ2v) is 6.72. The van der Waals surface area contributed by atoms with Crippen LogP contribution in [0.1, 0.15) is 31.4 Å². The molecule has 3 rings (SSSR count). The van der Waals surface area contributed by atoms with Gasteiger partial charge in [-0.3, -0.25) is 0 Å². The zero-order valence-corrected chi connectivity index (χ0v) is 14.9. The Morgan fingerprint density at radius 1 is 1.08 bits per heavy atom. The standard InChI is InChI=1S/C19H24ClN3O/c1-15-14-18(24-13-5-12-23-10-3-2-4-11-23)22-19(21-15)16-6-8-17(20)9-7-16/h6-9,14H,2-5,10-13H2,1H3. The predicted molar refractivity (Wildman–Crippen MR) is 97.6 cm³/mol. The number of aromatic nitrogens is 2. The largest absolute Gasteiger partial charge is 0.478 e. The molecule has 2 heterocycles. The molecule has 0 saturated carbocycles. The summed E-state index contributed by atoms with van der Waals surface area (Å²) in [6.07, 6.45) is 5.06. The Balaban J connectivity index is 1.56. The number of nitrogens with zero attached hydrogens (tertiary/aromatic N) is 3. The summed E-state index contributed by atoms with van der Waals surface area (Å²) in [5, 5.41) is 0.709. The van der Waals surface area contributed by atoms with Crippen LogP contribution in [0.15, 0.2) is 30.3 Å². The highest BCUT2D eigenvalue weighted by Gasteiger charge is 2.10. The zero-order chi connectivity index (χ0) is 16.8. The minimum Gasteiger partial charge on any atom is -0.478 e. The van der Waals surface area contributed by atoms with Gasteiger partial charge in [-0.2, -0.15) is 4.98 Å². The van der Waals surface area contributed by atoms with Crippen molar-refractivity contribution in [3.05, 3.63) is 41.0 Å². The molecule has 5 heteroatoms. The number of halogens is 1. The highest BCUT2D eigenvalue weighted by atomic mass is 35.5. The second-order valence-electron chi connectivity index (χ2n) is 6.28. The van der Waals surface area contributed by atoms with Crippen LogP contribution in [-0.4, -0.2) is 41.1 Å². The molecule has 4 nitrogen and oxygen atoms in total. The normalized spacial score (nSPS) is 15.4.